The van der Waals surface area contributed by atoms with Crippen molar-refractivity contribution in [3.05, 3.63) is 170 Å². The number of para-hydroxylation sites is 1. The zero-order valence-corrected chi connectivity index (χ0v) is 27.0. The summed E-state index contributed by atoms with van der Waals surface area (Å²) in [5.41, 5.74) is 10.8. The third kappa shape index (κ3) is 3.90. The quantitative estimate of drug-likeness (QED) is 0.180. The highest BCUT2D eigenvalue weighted by Gasteiger charge is 2.21. The van der Waals surface area contributed by atoms with Gasteiger partial charge >= 0.3 is 0 Å². The Morgan fingerprint density at radius 3 is 1.62 bits per heavy atom. The Hall–Kier alpha value is -6.64. The minimum atomic E-state index is 0.904. The lowest BCUT2D eigenvalue weighted by atomic mass is 9.84. The fourth-order valence-corrected chi connectivity index (χ4v) is 8.28. The van der Waals surface area contributed by atoms with E-state index in [1.165, 1.54) is 71.1 Å². The summed E-state index contributed by atoms with van der Waals surface area (Å²) in [5.74, 6) is 0. The average Bonchev–Trinajstić information content (AvgIpc) is 3.75. The summed E-state index contributed by atoms with van der Waals surface area (Å²) >= 11 is 0. The first-order chi connectivity index (χ1) is 24.8. The maximum atomic E-state index is 6.53. The van der Waals surface area contributed by atoms with Crippen molar-refractivity contribution in [1.29, 1.82) is 0 Å². The van der Waals surface area contributed by atoms with Gasteiger partial charge in [0.15, 0.2) is 0 Å². The van der Waals surface area contributed by atoms with Crippen molar-refractivity contribution in [1.82, 2.24) is 0 Å². The summed E-state index contributed by atoms with van der Waals surface area (Å²) in [6, 6.07) is 60.9. The number of fused-ring (bicyclic) bond motifs is 10. The zero-order chi connectivity index (χ0) is 32.8. The standard InChI is InChI=1S/C48H28O2/c1-2-14-33-29(11-1)23-26-44-47(33)48-39(20-10-22-43(48)50-44)46-37-18-5-3-16-35(37)45(36-17-4-6-19-38(36)46)32-13-9-12-30(27-32)31-24-25-42-40(28-31)34-15-7-8-21-41(34)49-42/h1-28H. The molecule has 0 saturated heterocycles. The fraction of sp³-hybridized carbons (Fsp3) is 0. The second-order valence-electron chi connectivity index (χ2n) is 13.2. The molecule has 0 N–H and O–H groups in total. The number of hydrogen-bond donors (Lipinski definition) is 0. The van der Waals surface area contributed by atoms with Gasteiger partial charge in [0.05, 0.1) is 0 Å². The van der Waals surface area contributed by atoms with Crippen LogP contribution in [-0.2, 0) is 0 Å². The molecule has 232 valence electrons. The molecule has 0 aliphatic heterocycles. The fourth-order valence-electron chi connectivity index (χ4n) is 8.28. The van der Waals surface area contributed by atoms with Gasteiger partial charge in [0.25, 0.3) is 0 Å². The lowest BCUT2D eigenvalue weighted by molar-refractivity contribution is 0.668. The lowest BCUT2D eigenvalue weighted by Gasteiger charge is -2.18. The van der Waals surface area contributed by atoms with Crippen LogP contribution in [-0.4, -0.2) is 0 Å². The van der Waals surface area contributed by atoms with Crippen LogP contribution in [0, 0.1) is 0 Å². The summed E-state index contributed by atoms with van der Waals surface area (Å²) in [4.78, 5) is 0. The van der Waals surface area contributed by atoms with Crippen LogP contribution in [0.3, 0.4) is 0 Å². The Bertz CT molecular complexity index is 3100. The maximum absolute atomic E-state index is 6.53. The van der Waals surface area contributed by atoms with Crippen LogP contribution in [0.1, 0.15) is 0 Å². The van der Waals surface area contributed by atoms with Crippen molar-refractivity contribution >= 4 is 76.2 Å². The molecular formula is C48H28O2. The van der Waals surface area contributed by atoms with Crippen LogP contribution in [0.5, 0.6) is 0 Å². The van der Waals surface area contributed by atoms with E-state index in [9.17, 15) is 0 Å². The second kappa shape index (κ2) is 10.4. The molecular weight excluding hydrogens is 609 g/mol. The van der Waals surface area contributed by atoms with Gasteiger partial charge in [-0.1, -0.05) is 133 Å². The van der Waals surface area contributed by atoms with E-state index in [-0.39, 0.29) is 0 Å². The smallest absolute Gasteiger partial charge is 0.136 e. The first-order valence-corrected chi connectivity index (χ1v) is 17.1. The van der Waals surface area contributed by atoms with Crippen LogP contribution in [0.2, 0.25) is 0 Å². The Balaban J connectivity index is 1.19. The van der Waals surface area contributed by atoms with Gasteiger partial charge < -0.3 is 8.83 Å². The molecule has 0 bridgehead atoms. The number of furan rings is 2. The SMILES string of the molecule is c1cc(-c2ccc3oc4ccccc4c3c2)cc(-c2c3ccccc3c(-c3cccc4oc5ccc6ccccc6c5c34)c3ccccc23)c1. The molecule has 0 atom stereocenters. The second-order valence-corrected chi connectivity index (χ2v) is 13.2. The van der Waals surface area contributed by atoms with Gasteiger partial charge in [-0.15, -0.1) is 0 Å². The maximum Gasteiger partial charge on any atom is 0.136 e. The predicted octanol–water partition coefficient (Wildman–Crippen LogP) is 13.9. The van der Waals surface area contributed by atoms with E-state index in [1.807, 2.05) is 12.1 Å². The van der Waals surface area contributed by atoms with Gasteiger partial charge in [0, 0.05) is 21.5 Å². The Kier molecular flexibility index (Phi) is 5.70. The van der Waals surface area contributed by atoms with Crippen molar-refractivity contribution in [3.8, 4) is 33.4 Å². The first-order valence-electron chi connectivity index (χ1n) is 17.1. The number of hydrogen-bond acceptors (Lipinski definition) is 2. The van der Waals surface area contributed by atoms with Gasteiger partial charge in [0.2, 0.25) is 0 Å². The third-order valence-corrected chi connectivity index (χ3v) is 10.4. The normalized spacial score (nSPS) is 12.0. The van der Waals surface area contributed by atoms with Crippen molar-refractivity contribution < 1.29 is 8.83 Å². The van der Waals surface area contributed by atoms with Crippen LogP contribution >= 0.6 is 0 Å². The molecule has 2 aromatic heterocycles. The third-order valence-electron chi connectivity index (χ3n) is 10.4. The molecule has 0 fully saturated rings. The molecule has 0 spiro atoms. The minimum Gasteiger partial charge on any atom is -0.456 e. The molecule has 0 radical (unpaired) electrons. The zero-order valence-electron chi connectivity index (χ0n) is 27.0. The Labute approximate surface area is 287 Å². The molecule has 11 rings (SSSR count). The highest BCUT2D eigenvalue weighted by atomic mass is 16.3. The van der Waals surface area contributed by atoms with Gasteiger partial charge in [0.1, 0.15) is 22.3 Å². The van der Waals surface area contributed by atoms with E-state index in [4.69, 9.17) is 8.83 Å². The van der Waals surface area contributed by atoms with Gasteiger partial charge in [-0.2, -0.15) is 0 Å². The van der Waals surface area contributed by atoms with Gasteiger partial charge in [-0.05, 0) is 102 Å². The molecule has 0 aliphatic rings. The molecule has 0 saturated carbocycles. The van der Waals surface area contributed by atoms with Crippen LogP contribution in [0.25, 0.3) is 110 Å². The van der Waals surface area contributed by atoms with Crippen LogP contribution in [0.15, 0.2) is 179 Å². The summed E-state index contributed by atoms with van der Waals surface area (Å²) in [7, 11) is 0. The first kappa shape index (κ1) is 27.3. The van der Waals surface area contributed by atoms with Crippen molar-refractivity contribution in [2.45, 2.75) is 0 Å². The molecule has 2 heterocycles. The summed E-state index contributed by atoms with van der Waals surface area (Å²) in [6.45, 7) is 0. The Morgan fingerprint density at radius 2 is 0.820 bits per heavy atom. The van der Waals surface area contributed by atoms with E-state index in [0.29, 0.717) is 0 Å². The molecule has 50 heavy (non-hydrogen) atoms. The van der Waals surface area contributed by atoms with Crippen molar-refractivity contribution in [3.63, 3.8) is 0 Å². The van der Waals surface area contributed by atoms with E-state index in [0.717, 1.165) is 38.5 Å². The molecule has 0 aliphatic carbocycles. The largest absolute Gasteiger partial charge is 0.456 e. The molecule has 2 heteroatoms. The van der Waals surface area contributed by atoms with Crippen LogP contribution < -0.4 is 0 Å². The summed E-state index contributed by atoms with van der Waals surface area (Å²) in [6.07, 6.45) is 0. The van der Waals surface area contributed by atoms with E-state index in [2.05, 4.69) is 158 Å². The lowest BCUT2D eigenvalue weighted by Crippen LogP contribution is -1.91. The van der Waals surface area contributed by atoms with E-state index >= 15 is 0 Å². The van der Waals surface area contributed by atoms with E-state index < -0.39 is 0 Å². The number of benzene rings is 9. The summed E-state index contributed by atoms with van der Waals surface area (Å²) in [5, 5.41) is 11.9. The molecule has 2 nitrogen and oxygen atoms in total. The molecule has 9 aromatic carbocycles. The highest BCUT2D eigenvalue weighted by Crippen LogP contribution is 2.48. The number of rotatable bonds is 3. The van der Waals surface area contributed by atoms with Gasteiger partial charge in [-0.25, -0.2) is 0 Å². The Morgan fingerprint density at radius 1 is 0.280 bits per heavy atom. The monoisotopic (exact) mass is 636 g/mol. The topological polar surface area (TPSA) is 26.3 Å². The predicted molar refractivity (Wildman–Crippen MR) is 210 cm³/mol. The molecule has 0 amide bonds. The highest BCUT2D eigenvalue weighted by molar-refractivity contribution is 6.28. The van der Waals surface area contributed by atoms with Crippen LogP contribution in [0.4, 0.5) is 0 Å². The average molecular weight is 637 g/mol. The van der Waals surface area contributed by atoms with Crippen molar-refractivity contribution in [2.75, 3.05) is 0 Å². The van der Waals surface area contributed by atoms with Gasteiger partial charge in [-0.3, -0.25) is 0 Å². The molecule has 0 unspecified atom stereocenters. The molecule has 11 aromatic rings. The minimum absolute atomic E-state index is 0.904. The van der Waals surface area contributed by atoms with E-state index in [1.54, 1.807) is 0 Å². The summed E-state index contributed by atoms with van der Waals surface area (Å²) < 4.78 is 12.7. The van der Waals surface area contributed by atoms with Crippen molar-refractivity contribution in [2.24, 2.45) is 0 Å².